The van der Waals surface area contributed by atoms with Gasteiger partial charge in [-0.1, -0.05) is 36.9 Å². The van der Waals surface area contributed by atoms with Gasteiger partial charge in [-0.05, 0) is 47.2 Å². The van der Waals surface area contributed by atoms with Crippen molar-refractivity contribution in [3.63, 3.8) is 0 Å². The van der Waals surface area contributed by atoms with Crippen molar-refractivity contribution in [2.75, 3.05) is 20.8 Å². The number of benzene rings is 2. The Morgan fingerprint density at radius 2 is 1.94 bits per heavy atom. The van der Waals surface area contributed by atoms with E-state index >= 15 is 0 Å². The molecule has 0 amide bonds. The maximum Gasteiger partial charge on any atom is 0.336 e. The molecule has 1 heterocycles. The summed E-state index contributed by atoms with van der Waals surface area (Å²) in [5, 5.41) is 3.28. The van der Waals surface area contributed by atoms with E-state index in [4.69, 9.17) is 14.2 Å². The van der Waals surface area contributed by atoms with Crippen LogP contribution in [-0.4, -0.2) is 32.6 Å². The van der Waals surface area contributed by atoms with Gasteiger partial charge in [-0.15, -0.1) is 0 Å². The lowest BCUT2D eigenvalue weighted by atomic mass is 9.79. The molecule has 2 aromatic carbocycles. The van der Waals surface area contributed by atoms with Crippen molar-refractivity contribution in [2.45, 2.75) is 12.8 Å². The monoisotopic (exact) mass is 543 g/mol. The summed E-state index contributed by atoms with van der Waals surface area (Å²) in [5.41, 5.74) is 4.47. The Morgan fingerprint density at radius 1 is 1.22 bits per heavy atom. The van der Waals surface area contributed by atoms with Crippen molar-refractivity contribution >= 4 is 40.0 Å². The molecule has 164 valence electrons. The Balaban J connectivity index is 1.94. The molecule has 0 unspecified atom stereocenters. The van der Waals surface area contributed by atoms with Crippen molar-refractivity contribution in [3.05, 3.63) is 86.2 Å². The van der Waals surface area contributed by atoms with E-state index in [2.05, 4.69) is 34.5 Å². The molecule has 1 N–H and O–H groups in total. The molecule has 7 heteroatoms. The molecule has 6 nitrogen and oxygen atoms in total. The standard InChI is InChI=1S/C25H22INO5/c1-5-10-32-24-17(26)11-14(12-18(24)30-3)20-19(25(29)31-4)13(2)27-22-15-8-6-7-9-16(15)23(28)21(20)22/h5-9,11-12,20,27H,1,10H2,2-4H3/t20-/m1/s1. The number of esters is 1. The first kappa shape index (κ1) is 22.1. The maximum atomic E-state index is 13.5. The predicted molar refractivity (Wildman–Crippen MR) is 130 cm³/mol. The van der Waals surface area contributed by atoms with E-state index in [-0.39, 0.29) is 5.78 Å². The van der Waals surface area contributed by atoms with Gasteiger partial charge in [0.1, 0.15) is 6.61 Å². The number of dihydropyridines is 1. The molecule has 2 aromatic rings. The summed E-state index contributed by atoms with van der Waals surface area (Å²) in [7, 11) is 2.90. The molecule has 4 rings (SSSR count). The van der Waals surface area contributed by atoms with Crippen LogP contribution in [0.15, 0.2) is 65.9 Å². The highest BCUT2D eigenvalue weighted by molar-refractivity contribution is 14.1. The maximum absolute atomic E-state index is 13.5. The van der Waals surface area contributed by atoms with Gasteiger partial charge in [0.2, 0.25) is 0 Å². The molecule has 0 saturated heterocycles. The van der Waals surface area contributed by atoms with E-state index in [1.807, 2.05) is 37.3 Å². The van der Waals surface area contributed by atoms with Crippen LogP contribution in [0.5, 0.6) is 11.5 Å². The lowest BCUT2D eigenvalue weighted by Gasteiger charge is -2.29. The number of allylic oxidation sites excluding steroid dienone is 2. The van der Waals surface area contributed by atoms with Crippen LogP contribution in [0.4, 0.5) is 0 Å². The zero-order valence-electron chi connectivity index (χ0n) is 18.0. The first-order chi connectivity index (χ1) is 15.4. The zero-order valence-corrected chi connectivity index (χ0v) is 20.1. The van der Waals surface area contributed by atoms with Crippen molar-refractivity contribution in [1.82, 2.24) is 5.32 Å². The van der Waals surface area contributed by atoms with Gasteiger partial charge in [-0.2, -0.15) is 0 Å². The number of carbonyl (C=O) groups is 2. The Morgan fingerprint density at radius 3 is 2.59 bits per heavy atom. The van der Waals surface area contributed by atoms with Gasteiger partial charge in [0.05, 0.1) is 29.1 Å². The van der Waals surface area contributed by atoms with Crippen molar-refractivity contribution < 1.29 is 23.8 Å². The molecule has 0 aromatic heterocycles. The number of carbonyl (C=O) groups excluding carboxylic acids is 2. The minimum Gasteiger partial charge on any atom is -0.493 e. The van der Waals surface area contributed by atoms with E-state index in [1.54, 1.807) is 19.3 Å². The van der Waals surface area contributed by atoms with E-state index in [1.165, 1.54) is 7.11 Å². The minimum atomic E-state index is -0.616. The third-order valence-electron chi connectivity index (χ3n) is 5.58. The van der Waals surface area contributed by atoms with Crippen LogP contribution >= 0.6 is 22.6 Å². The van der Waals surface area contributed by atoms with Gasteiger partial charge < -0.3 is 19.5 Å². The number of Topliss-reactive ketones (excluding diaryl/α,β-unsaturated/α-hetero) is 1. The molecule has 2 aliphatic rings. The Kier molecular flexibility index (Phi) is 6.10. The molecule has 0 radical (unpaired) electrons. The van der Waals surface area contributed by atoms with Crippen molar-refractivity contribution in [3.8, 4) is 11.5 Å². The number of hydrogen-bond donors (Lipinski definition) is 1. The molecule has 32 heavy (non-hydrogen) atoms. The van der Waals surface area contributed by atoms with Gasteiger partial charge in [0.25, 0.3) is 0 Å². The zero-order chi connectivity index (χ0) is 23.0. The molecule has 0 spiro atoms. The molecule has 1 aliphatic carbocycles. The fraction of sp³-hybridized carbons (Fsp3) is 0.200. The number of nitrogens with one attached hydrogen (secondary N) is 1. The van der Waals surface area contributed by atoms with Crippen molar-refractivity contribution in [1.29, 1.82) is 0 Å². The number of ether oxygens (including phenoxy) is 3. The average Bonchev–Trinajstić information content (AvgIpc) is 3.08. The summed E-state index contributed by atoms with van der Waals surface area (Å²) in [6.45, 7) is 5.83. The van der Waals surface area contributed by atoms with Crippen molar-refractivity contribution in [2.24, 2.45) is 0 Å². The van der Waals surface area contributed by atoms with Crippen LogP contribution in [0.3, 0.4) is 0 Å². The fourth-order valence-corrected chi connectivity index (χ4v) is 5.01. The first-order valence-electron chi connectivity index (χ1n) is 9.98. The molecule has 0 fully saturated rings. The molecular formula is C25H22INO5. The predicted octanol–water partition coefficient (Wildman–Crippen LogP) is 4.61. The summed E-state index contributed by atoms with van der Waals surface area (Å²) >= 11 is 2.17. The Bertz CT molecular complexity index is 1210. The second kappa shape index (κ2) is 8.82. The number of halogens is 1. The molecule has 1 aliphatic heterocycles. The summed E-state index contributed by atoms with van der Waals surface area (Å²) in [5.74, 6) is -0.116. The topological polar surface area (TPSA) is 73.9 Å². The van der Waals surface area contributed by atoms with Crippen LogP contribution in [0.1, 0.15) is 34.3 Å². The number of methoxy groups -OCH3 is 2. The van der Waals surface area contributed by atoms with Gasteiger partial charge >= 0.3 is 5.97 Å². The average molecular weight is 543 g/mol. The third-order valence-corrected chi connectivity index (χ3v) is 6.39. The second-order valence-electron chi connectivity index (χ2n) is 7.39. The van der Waals surface area contributed by atoms with E-state index in [9.17, 15) is 9.59 Å². The molecular weight excluding hydrogens is 521 g/mol. The normalized spacial score (nSPS) is 16.9. The SMILES string of the molecule is C=CCOc1c(I)cc([C@@H]2C(C(=O)OC)=C(C)NC3=C2C(=O)c2ccccc23)cc1OC. The summed E-state index contributed by atoms with van der Waals surface area (Å²) < 4.78 is 17.3. The van der Waals surface area contributed by atoms with E-state index in [0.29, 0.717) is 40.5 Å². The van der Waals surface area contributed by atoms with Gasteiger partial charge in [0.15, 0.2) is 17.3 Å². The highest BCUT2D eigenvalue weighted by Crippen LogP contribution is 2.48. The minimum absolute atomic E-state index is 0.108. The van der Waals surface area contributed by atoms with Crippen LogP contribution in [0.25, 0.3) is 5.70 Å². The summed E-state index contributed by atoms with van der Waals surface area (Å²) in [4.78, 5) is 26.3. The lowest BCUT2D eigenvalue weighted by molar-refractivity contribution is -0.136. The number of rotatable bonds is 6. The highest BCUT2D eigenvalue weighted by Gasteiger charge is 2.43. The van der Waals surface area contributed by atoms with Crippen LogP contribution in [0, 0.1) is 3.57 Å². The van der Waals surface area contributed by atoms with Crippen LogP contribution in [-0.2, 0) is 9.53 Å². The van der Waals surface area contributed by atoms with Crippen LogP contribution in [0.2, 0.25) is 0 Å². The highest BCUT2D eigenvalue weighted by atomic mass is 127. The number of ketones is 1. The Hall–Kier alpha value is -3.07. The summed E-state index contributed by atoms with van der Waals surface area (Å²) in [6, 6.07) is 11.2. The fourth-order valence-electron chi connectivity index (χ4n) is 4.23. The van der Waals surface area contributed by atoms with Gasteiger partial charge in [-0.25, -0.2) is 4.79 Å². The molecule has 1 atom stereocenters. The van der Waals surface area contributed by atoms with Gasteiger partial charge in [0, 0.05) is 28.3 Å². The largest absolute Gasteiger partial charge is 0.493 e. The van der Waals surface area contributed by atoms with Crippen LogP contribution < -0.4 is 14.8 Å². The smallest absolute Gasteiger partial charge is 0.336 e. The quantitative estimate of drug-likeness (QED) is 0.326. The molecule has 0 saturated carbocycles. The first-order valence-corrected chi connectivity index (χ1v) is 11.1. The second-order valence-corrected chi connectivity index (χ2v) is 8.55. The van der Waals surface area contributed by atoms with Gasteiger partial charge in [-0.3, -0.25) is 4.79 Å². The van der Waals surface area contributed by atoms with E-state index < -0.39 is 11.9 Å². The third kappa shape index (κ3) is 3.50. The summed E-state index contributed by atoms with van der Waals surface area (Å²) in [6.07, 6.45) is 1.66. The molecule has 0 bridgehead atoms. The lowest BCUT2D eigenvalue weighted by Crippen LogP contribution is -2.29. The van der Waals surface area contributed by atoms with E-state index in [0.717, 1.165) is 20.4 Å². The number of fused-ring (bicyclic) bond motifs is 2. The Labute approximate surface area is 200 Å². The number of hydrogen-bond acceptors (Lipinski definition) is 6.